The summed E-state index contributed by atoms with van der Waals surface area (Å²) in [6, 6.07) is 0. The summed E-state index contributed by atoms with van der Waals surface area (Å²) in [7, 11) is 1.75. The third-order valence-corrected chi connectivity index (χ3v) is 3.65. The topological polar surface area (TPSA) is 47.0 Å². The molecule has 0 aromatic carbocycles. The summed E-state index contributed by atoms with van der Waals surface area (Å²) in [5.41, 5.74) is 3.79. The molecule has 0 aliphatic carbocycles. The van der Waals surface area contributed by atoms with Crippen molar-refractivity contribution in [2.45, 2.75) is 58.6 Å². The van der Waals surface area contributed by atoms with Crippen LogP contribution in [0.15, 0.2) is 0 Å². The van der Waals surface area contributed by atoms with Crippen molar-refractivity contribution < 1.29 is 4.74 Å². The van der Waals surface area contributed by atoms with Gasteiger partial charge in [-0.25, -0.2) is 9.97 Å². The lowest BCUT2D eigenvalue weighted by Gasteiger charge is -2.22. The molecule has 0 fully saturated rings. The van der Waals surface area contributed by atoms with Crippen LogP contribution in [-0.4, -0.2) is 23.6 Å². The molecule has 4 nitrogen and oxygen atoms in total. The van der Waals surface area contributed by atoms with Crippen LogP contribution in [-0.2, 0) is 24.1 Å². The molecule has 0 radical (unpaired) electrons. The van der Waals surface area contributed by atoms with Crippen molar-refractivity contribution >= 4 is 0 Å². The zero-order valence-electron chi connectivity index (χ0n) is 12.3. The van der Waals surface area contributed by atoms with E-state index >= 15 is 0 Å². The van der Waals surface area contributed by atoms with Gasteiger partial charge in [0, 0.05) is 19.3 Å². The van der Waals surface area contributed by atoms with Gasteiger partial charge >= 0.3 is 0 Å². The van der Waals surface area contributed by atoms with E-state index in [1.54, 1.807) is 7.11 Å². The van der Waals surface area contributed by atoms with E-state index < -0.39 is 0 Å². The van der Waals surface area contributed by atoms with E-state index in [-0.39, 0.29) is 6.10 Å². The molecule has 19 heavy (non-hydrogen) atoms. The number of aryl methyl sites for hydroxylation is 1. The first-order chi connectivity index (χ1) is 9.30. The molecular weight excluding hydrogens is 238 g/mol. The van der Waals surface area contributed by atoms with Gasteiger partial charge in [-0.1, -0.05) is 26.7 Å². The van der Waals surface area contributed by atoms with Gasteiger partial charge in [0.2, 0.25) is 0 Å². The van der Waals surface area contributed by atoms with Crippen molar-refractivity contribution in [3.63, 3.8) is 0 Å². The van der Waals surface area contributed by atoms with E-state index in [1.165, 1.54) is 17.0 Å². The van der Waals surface area contributed by atoms with Crippen molar-refractivity contribution in [2.75, 3.05) is 13.7 Å². The van der Waals surface area contributed by atoms with Gasteiger partial charge in [-0.05, 0) is 31.4 Å². The number of hydrogen-bond acceptors (Lipinski definition) is 4. The highest BCUT2D eigenvalue weighted by Crippen LogP contribution is 2.23. The van der Waals surface area contributed by atoms with Crippen LogP contribution in [0.25, 0.3) is 0 Å². The first kappa shape index (κ1) is 14.4. The maximum atomic E-state index is 5.56. The van der Waals surface area contributed by atoms with E-state index in [0.717, 1.165) is 51.0 Å². The molecule has 1 aliphatic heterocycles. The Labute approximate surface area is 116 Å². The molecule has 1 unspecified atom stereocenters. The molecule has 1 aliphatic rings. The molecule has 0 spiro atoms. The monoisotopic (exact) mass is 263 g/mol. The number of rotatable bonds is 6. The lowest BCUT2D eigenvalue weighted by Crippen LogP contribution is -2.27. The highest BCUT2D eigenvalue weighted by molar-refractivity contribution is 5.29. The zero-order valence-corrected chi connectivity index (χ0v) is 12.3. The van der Waals surface area contributed by atoms with E-state index in [0.29, 0.717) is 0 Å². The molecular formula is C15H25N3O. The van der Waals surface area contributed by atoms with Gasteiger partial charge in [0.1, 0.15) is 6.10 Å². The van der Waals surface area contributed by atoms with Crippen LogP contribution in [0.5, 0.6) is 0 Å². The fourth-order valence-corrected chi connectivity index (χ4v) is 2.66. The quantitative estimate of drug-likeness (QED) is 0.857. The Bertz CT molecular complexity index is 420. The fraction of sp³-hybridized carbons (Fsp3) is 0.733. The second-order valence-corrected chi connectivity index (χ2v) is 5.14. The van der Waals surface area contributed by atoms with E-state index in [4.69, 9.17) is 14.7 Å². The fourth-order valence-electron chi connectivity index (χ4n) is 2.66. The Morgan fingerprint density at radius 1 is 1.26 bits per heavy atom. The highest BCUT2D eigenvalue weighted by atomic mass is 16.5. The molecule has 4 heteroatoms. The average molecular weight is 263 g/mol. The third kappa shape index (κ3) is 3.31. The summed E-state index contributed by atoms with van der Waals surface area (Å²) < 4.78 is 5.56. The number of hydrogen-bond donors (Lipinski definition) is 1. The molecule has 106 valence electrons. The lowest BCUT2D eigenvalue weighted by atomic mass is 10.0. The van der Waals surface area contributed by atoms with Gasteiger partial charge in [0.15, 0.2) is 5.82 Å². The second kappa shape index (κ2) is 6.96. The van der Waals surface area contributed by atoms with Gasteiger partial charge in [0.25, 0.3) is 0 Å². The highest BCUT2D eigenvalue weighted by Gasteiger charge is 2.20. The normalized spacial score (nSPS) is 16.2. The Hall–Kier alpha value is -1.00. The molecule has 2 heterocycles. The van der Waals surface area contributed by atoms with Crippen LogP contribution in [0.2, 0.25) is 0 Å². The van der Waals surface area contributed by atoms with E-state index in [2.05, 4.69) is 19.2 Å². The van der Waals surface area contributed by atoms with Crippen molar-refractivity contribution in [3.05, 3.63) is 22.8 Å². The first-order valence-electron chi connectivity index (χ1n) is 7.42. The second-order valence-electron chi connectivity index (χ2n) is 5.14. The predicted octanol–water partition coefficient (Wildman–Crippen LogP) is 2.56. The lowest BCUT2D eigenvalue weighted by molar-refractivity contribution is 0.0870. The minimum atomic E-state index is 0.0350. The summed E-state index contributed by atoms with van der Waals surface area (Å²) in [5.74, 6) is 0.871. The van der Waals surface area contributed by atoms with Crippen molar-refractivity contribution in [1.29, 1.82) is 0 Å². The van der Waals surface area contributed by atoms with Crippen molar-refractivity contribution in [2.24, 2.45) is 0 Å². The Morgan fingerprint density at radius 2 is 2.11 bits per heavy atom. The van der Waals surface area contributed by atoms with Crippen LogP contribution in [0.4, 0.5) is 0 Å². The smallest absolute Gasteiger partial charge is 0.157 e. The Kier molecular flexibility index (Phi) is 5.28. The molecule has 0 saturated heterocycles. The number of fused-ring (bicyclic) bond motifs is 1. The SMILES string of the molecule is CCCc1nc(C(CCC)OC)nc2c1CCNC2. The largest absolute Gasteiger partial charge is 0.373 e. The van der Waals surface area contributed by atoms with Gasteiger partial charge in [-0.2, -0.15) is 0 Å². The molecule has 0 bridgehead atoms. The minimum Gasteiger partial charge on any atom is -0.373 e. The number of aromatic nitrogens is 2. The molecule has 0 saturated carbocycles. The molecule has 1 N–H and O–H groups in total. The molecule has 0 amide bonds. The molecule has 1 aromatic rings. The van der Waals surface area contributed by atoms with Gasteiger partial charge in [-0.15, -0.1) is 0 Å². The maximum absolute atomic E-state index is 5.56. The summed E-state index contributed by atoms with van der Waals surface area (Å²) >= 11 is 0. The Morgan fingerprint density at radius 3 is 2.79 bits per heavy atom. The van der Waals surface area contributed by atoms with Gasteiger partial charge in [0.05, 0.1) is 5.69 Å². The summed E-state index contributed by atoms with van der Waals surface area (Å²) in [6.07, 6.45) is 5.32. The third-order valence-electron chi connectivity index (χ3n) is 3.65. The van der Waals surface area contributed by atoms with Gasteiger partial charge < -0.3 is 10.1 Å². The van der Waals surface area contributed by atoms with Crippen LogP contribution in [0.3, 0.4) is 0 Å². The predicted molar refractivity (Wildman–Crippen MR) is 76.1 cm³/mol. The van der Waals surface area contributed by atoms with E-state index in [1.807, 2.05) is 0 Å². The minimum absolute atomic E-state index is 0.0350. The number of methoxy groups -OCH3 is 1. The van der Waals surface area contributed by atoms with E-state index in [9.17, 15) is 0 Å². The molecule has 1 atom stereocenters. The van der Waals surface area contributed by atoms with Crippen LogP contribution in [0.1, 0.15) is 62.0 Å². The van der Waals surface area contributed by atoms with Crippen molar-refractivity contribution in [1.82, 2.24) is 15.3 Å². The zero-order chi connectivity index (χ0) is 13.7. The van der Waals surface area contributed by atoms with Crippen LogP contribution in [0, 0.1) is 0 Å². The maximum Gasteiger partial charge on any atom is 0.157 e. The van der Waals surface area contributed by atoms with Gasteiger partial charge in [-0.3, -0.25) is 0 Å². The van der Waals surface area contributed by atoms with Crippen LogP contribution < -0.4 is 5.32 Å². The first-order valence-corrected chi connectivity index (χ1v) is 7.42. The standard InChI is InChI=1S/C15H25N3O/c1-4-6-12-11-8-9-16-10-13(11)18-15(17-12)14(19-3)7-5-2/h14,16H,4-10H2,1-3H3. The van der Waals surface area contributed by atoms with Crippen molar-refractivity contribution in [3.8, 4) is 0 Å². The molecule has 2 rings (SSSR count). The molecule has 1 aromatic heterocycles. The van der Waals surface area contributed by atoms with Crippen LogP contribution >= 0.6 is 0 Å². The summed E-state index contributed by atoms with van der Waals surface area (Å²) in [6.45, 7) is 6.27. The number of nitrogens with one attached hydrogen (secondary N) is 1. The average Bonchev–Trinajstić information content (AvgIpc) is 2.45. The number of nitrogens with zero attached hydrogens (tertiary/aromatic N) is 2. The number of ether oxygens (including phenoxy) is 1. The Balaban J connectivity index is 2.36. The summed E-state index contributed by atoms with van der Waals surface area (Å²) in [5, 5.41) is 3.40. The summed E-state index contributed by atoms with van der Waals surface area (Å²) in [4.78, 5) is 9.55.